The Morgan fingerprint density at radius 2 is 2.19 bits per heavy atom. The van der Waals surface area contributed by atoms with Gasteiger partial charge in [-0.1, -0.05) is 0 Å². The first-order valence-electron chi connectivity index (χ1n) is 4.59. The van der Waals surface area contributed by atoms with Crippen LogP contribution in [0.4, 0.5) is 4.39 Å². The molecule has 2 aromatic rings. The molecule has 0 aliphatic rings. The number of H-pyrrole nitrogens is 1. The maximum atomic E-state index is 13.0. The molecular formula is C11H10FNO2P+. The molecule has 0 aliphatic carbocycles. The molecule has 1 unspecified atom stereocenters. The second-order valence-electron chi connectivity index (χ2n) is 3.54. The zero-order valence-corrected chi connectivity index (χ0v) is 9.51. The maximum Gasteiger partial charge on any atom is 0.302 e. The van der Waals surface area contributed by atoms with Crippen LogP contribution in [-0.4, -0.2) is 23.1 Å². The number of hydrogen-bond donors (Lipinski definition) is 2. The van der Waals surface area contributed by atoms with E-state index in [2.05, 4.69) is 11.3 Å². The molecule has 0 saturated carbocycles. The van der Waals surface area contributed by atoms with Crippen LogP contribution in [0.5, 0.6) is 5.75 Å². The van der Waals surface area contributed by atoms with Gasteiger partial charge in [0.15, 0.2) is 5.75 Å². The molecule has 2 rings (SSSR count). The number of aromatic amines is 1. The van der Waals surface area contributed by atoms with Crippen molar-refractivity contribution < 1.29 is 9.50 Å². The van der Waals surface area contributed by atoms with Gasteiger partial charge in [-0.05, 0) is 18.2 Å². The second kappa shape index (κ2) is 3.72. The summed E-state index contributed by atoms with van der Waals surface area (Å²) in [6.45, 7) is 1.75. The van der Waals surface area contributed by atoms with Crippen LogP contribution in [0.15, 0.2) is 23.0 Å². The highest BCUT2D eigenvalue weighted by atomic mass is 31.1. The van der Waals surface area contributed by atoms with E-state index in [1.54, 1.807) is 6.66 Å². The van der Waals surface area contributed by atoms with Crippen molar-refractivity contribution in [1.82, 2.24) is 4.98 Å². The van der Waals surface area contributed by atoms with Gasteiger partial charge in [-0.3, -0.25) is 4.79 Å². The summed E-state index contributed by atoms with van der Waals surface area (Å²) in [5, 5.41) is 10.5. The molecule has 1 atom stereocenters. The molecule has 1 heterocycles. The van der Waals surface area contributed by atoms with Gasteiger partial charge in [-0.15, -0.1) is 0 Å². The Hall–Kier alpha value is -1.67. The molecular weight excluding hydrogens is 228 g/mol. The number of halogens is 1. The van der Waals surface area contributed by atoms with E-state index in [4.69, 9.17) is 0 Å². The zero-order valence-electron chi connectivity index (χ0n) is 8.62. The molecule has 0 aliphatic heterocycles. The molecule has 3 nitrogen and oxygen atoms in total. The average Bonchev–Trinajstić information content (AvgIpc) is 2.19. The zero-order chi connectivity index (χ0) is 11.9. The number of hydrogen-bond acceptors (Lipinski definition) is 2. The topological polar surface area (TPSA) is 53.1 Å². The fourth-order valence-corrected chi connectivity index (χ4v) is 2.48. The molecule has 0 spiro atoms. The summed E-state index contributed by atoms with van der Waals surface area (Å²) in [6.07, 6.45) is 3.75. The van der Waals surface area contributed by atoms with Crippen molar-refractivity contribution in [3.8, 4) is 5.75 Å². The van der Waals surface area contributed by atoms with Gasteiger partial charge in [0, 0.05) is 5.39 Å². The van der Waals surface area contributed by atoms with Crippen LogP contribution in [0.25, 0.3) is 10.9 Å². The average molecular weight is 238 g/mol. The van der Waals surface area contributed by atoms with Gasteiger partial charge in [0.05, 0.1) is 11.8 Å². The Bertz CT molecular complexity index is 648. The fourth-order valence-electron chi connectivity index (χ4n) is 1.59. The van der Waals surface area contributed by atoms with E-state index in [1.165, 1.54) is 18.2 Å². The molecule has 82 valence electrons. The molecule has 0 amide bonds. The largest absolute Gasteiger partial charge is 0.503 e. The van der Waals surface area contributed by atoms with E-state index in [0.717, 1.165) is 0 Å². The monoisotopic (exact) mass is 238 g/mol. The summed E-state index contributed by atoms with van der Waals surface area (Å²) in [6, 6.07) is 3.86. The summed E-state index contributed by atoms with van der Waals surface area (Å²) in [7, 11) is -0.986. The number of rotatable bonds is 1. The van der Waals surface area contributed by atoms with Crippen molar-refractivity contribution in [2.75, 3.05) is 6.66 Å². The fraction of sp³-hybridized carbons (Fsp3) is 0.0909. The minimum absolute atomic E-state index is 0.165. The first-order chi connectivity index (χ1) is 7.50. The van der Waals surface area contributed by atoms with Gasteiger partial charge < -0.3 is 10.1 Å². The Labute approximate surface area is 91.9 Å². The molecule has 0 bridgehead atoms. The van der Waals surface area contributed by atoms with Crippen molar-refractivity contribution in [3.63, 3.8) is 0 Å². The quantitative estimate of drug-likeness (QED) is 0.740. The van der Waals surface area contributed by atoms with Crippen molar-refractivity contribution >= 4 is 30.1 Å². The summed E-state index contributed by atoms with van der Waals surface area (Å²) < 4.78 is 13.0. The van der Waals surface area contributed by atoms with E-state index in [-0.39, 0.29) is 16.6 Å². The van der Waals surface area contributed by atoms with Gasteiger partial charge in [-0.25, -0.2) is 4.39 Å². The van der Waals surface area contributed by atoms with Crippen LogP contribution in [0.1, 0.15) is 0 Å². The SMILES string of the molecule is C=[P+](C)c1c(O)c2cc(F)ccc2[nH]c1=O. The number of fused-ring (bicyclic) bond motifs is 1. The third-order valence-corrected chi connectivity index (χ3v) is 3.48. The standard InChI is InChI=1S/C11H9FNO2P/c1-16(2)10-9(14)7-5-6(12)3-4-8(7)13-11(10)15/h3-5H,1H2,2H3,(H-,13,14,15)/p+1. The summed E-state index contributed by atoms with van der Waals surface area (Å²) >= 11 is 0. The molecule has 1 aromatic carbocycles. The third kappa shape index (κ3) is 1.61. The van der Waals surface area contributed by atoms with Crippen molar-refractivity contribution in [2.45, 2.75) is 0 Å². The minimum Gasteiger partial charge on any atom is -0.503 e. The number of nitrogens with one attached hydrogen (secondary N) is 1. The third-order valence-electron chi connectivity index (χ3n) is 2.31. The highest BCUT2D eigenvalue weighted by molar-refractivity contribution is 7.63. The summed E-state index contributed by atoms with van der Waals surface area (Å²) in [5.74, 6) is -0.618. The van der Waals surface area contributed by atoms with Crippen LogP contribution >= 0.6 is 7.55 Å². The van der Waals surface area contributed by atoms with E-state index >= 15 is 0 Å². The number of pyridine rings is 1. The van der Waals surface area contributed by atoms with E-state index in [9.17, 15) is 14.3 Å². The number of aromatic hydroxyl groups is 1. The van der Waals surface area contributed by atoms with Crippen molar-refractivity contribution in [2.24, 2.45) is 0 Å². The van der Waals surface area contributed by atoms with Crippen molar-refractivity contribution in [3.05, 3.63) is 34.4 Å². The predicted octanol–water partition coefficient (Wildman–Crippen LogP) is 1.54. The molecule has 16 heavy (non-hydrogen) atoms. The van der Waals surface area contributed by atoms with Gasteiger partial charge in [0.25, 0.3) is 5.30 Å². The highest BCUT2D eigenvalue weighted by Gasteiger charge is 2.20. The Morgan fingerprint density at radius 3 is 2.81 bits per heavy atom. The lowest BCUT2D eigenvalue weighted by atomic mass is 10.2. The molecule has 1 aromatic heterocycles. The van der Waals surface area contributed by atoms with E-state index < -0.39 is 13.4 Å². The van der Waals surface area contributed by atoms with Gasteiger partial charge in [0.2, 0.25) is 0 Å². The molecule has 5 heteroatoms. The first-order valence-corrected chi connectivity index (χ1v) is 6.57. The summed E-state index contributed by atoms with van der Waals surface area (Å²) in [5.41, 5.74) is 0.0599. The lowest BCUT2D eigenvalue weighted by molar-refractivity contribution is 0.484. The van der Waals surface area contributed by atoms with Crippen LogP contribution < -0.4 is 10.9 Å². The molecule has 0 saturated heterocycles. The second-order valence-corrected chi connectivity index (χ2v) is 5.38. The first kappa shape index (κ1) is 10.8. The number of aromatic nitrogens is 1. The maximum absolute atomic E-state index is 13.0. The lowest BCUT2D eigenvalue weighted by Crippen LogP contribution is -2.24. The van der Waals surface area contributed by atoms with Gasteiger partial charge in [0.1, 0.15) is 20.0 Å². The molecule has 2 N–H and O–H groups in total. The van der Waals surface area contributed by atoms with Crippen molar-refractivity contribution in [1.29, 1.82) is 0 Å². The molecule has 0 radical (unpaired) electrons. The summed E-state index contributed by atoms with van der Waals surface area (Å²) in [4.78, 5) is 14.2. The van der Waals surface area contributed by atoms with Gasteiger partial charge >= 0.3 is 5.56 Å². The van der Waals surface area contributed by atoms with E-state index in [0.29, 0.717) is 10.9 Å². The lowest BCUT2D eigenvalue weighted by Gasteiger charge is -2.01. The highest BCUT2D eigenvalue weighted by Crippen LogP contribution is 2.26. The Morgan fingerprint density at radius 1 is 1.50 bits per heavy atom. The Kier molecular flexibility index (Phi) is 2.52. The molecule has 0 fully saturated rings. The number of benzene rings is 1. The van der Waals surface area contributed by atoms with E-state index in [1.807, 2.05) is 0 Å². The van der Waals surface area contributed by atoms with Crippen LogP contribution in [0.3, 0.4) is 0 Å². The smallest absolute Gasteiger partial charge is 0.302 e. The predicted molar refractivity (Wildman–Crippen MR) is 65.8 cm³/mol. The Balaban J connectivity index is 2.96. The van der Waals surface area contributed by atoms with Crippen LogP contribution in [-0.2, 0) is 0 Å². The minimum atomic E-state index is -0.986. The normalized spacial score (nSPS) is 11.8. The van der Waals surface area contributed by atoms with Crippen LogP contribution in [0, 0.1) is 5.82 Å². The van der Waals surface area contributed by atoms with Crippen LogP contribution in [0.2, 0.25) is 0 Å². The van der Waals surface area contributed by atoms with Gasteiger partial charge in [-0.2, -0.15) is 0 Å².